The van der Waals surface area contributed by atoms with E-state index in [1.165, 1.54) is 6.92 Å². The molecule has 0 aliphatic rings. The van der Waals surface area contributed by atoms with E-state index in [1.54, 1.807) is 60.7 Å². The molecule has 0 unspecified atom stereocenters. The van der Waals surface area contributed by atoms with Crippen LogP contribution in [0.2, 0.25) is 0 Å². The van der Waals surface area contributed by atoms with Gasteiger partial charge in [-0.1, -0.05) is 60.7 Å². The van der Waals surface area contributed by atoms with Crippen LogP contribution in [0.1, 0.15) is 18.1 Å². The van der Waals surface area contributed by atoms with E-state index >= 15 is 0 Å². The number of hydrogen-bond acceptors (Lipinski definition) is 0. The molecule has 0 atom stereocenters. The zero-order valence-electron chi connectivity index (χ0n) is 14.9. The largest absolute Gasteiger partial charge is 0.358 e. The Bertz CT molecular complexity index is 617. The van der Waals surface area contributed by atoms with Crippen molar-refractivity contribution in [2.24, 2.45) is 0 Å². The first-order valence-electron chi connectivity index (χ1n) is 6.98. The Morgan fingerprint density at radius 1 is 0.593 bits per heavy atom. The Labute approximate surface area is 181 Å². The van der Waals surface area contributed by atoms with Crippen LogP contribution in [0.3, 0.4) is 0 Å². The van der Waals surface area contributed by atoms with Crippen LogP contribution in [0.4, 0.5) is 26.3 Å². The molecule has 1 radical (unpaired) electrons. The van der Waals surface area contributed by atoms with Gasteiger partial charge in [0.05, 0.1) is 0 Å². The molecule has 0 heterocycles. The number of hydrogen-bond donors (Lipinski definition) is 0. The summed E-state index contributed by atoms with van der Waals surface area (Å²) in [6.07, 6.45) is -2.53. The molecule has 0 saturated heterocycles. The van der Waals surface area contributed by atoms with Crippen LogP contribution in [-0.4, -0.2) is 0 Å². The number of benzene rings is 2. The third-order valence-electron chi connectivity index (χ3n) is 2.37. The van der Waals surface area contributed by atoms with Crippen molar-refractivity contribution in [1.29, 1.82) is 0 Å². The third kappa shape index (κ3) is 20.5. The van der Waals surface area contributed by atoms with Gasteiger partial charge in [0.25, 0.3) is 18.2 Å². The van der Waals surface area contributed by atoms with Crippen LogP contribution >= 0.6 is 0 Å². The third-order valence-corrected chi connectivity index (χ3v) is 2.37. The van der Waals surface area contributed by atoms with E-state index in [0.29, 0.717) is 11.1 Å². The maximum Gasteiger partial charge on any atom is 0.270 e. The van der Waals surface area contributed by atoms with Gasteiger partial charge < -0.3 is 7.43 Å². The molecule has 7 heteroatoms. The summed E-state index contributed by atoms with van der Waals surface area (Å²) in [6, 6.07) is 16.9. The minimum atomic E-state index is -1.66. The first-order valence-corrected chi connectivity index (χ1v) is 6.98. The van der Waals surface area contributed by atoms with E-state index < -0.39 is 18.2 Å². The van der Waals surface area contributed by atoms with Crippen molar-refractivity contribution in [2.75, 3.05) is 0 Å². The fraction of sp³-hybridized carbons (Fsp3) is 0.0500. The minimum Gasteiger partial charge on any atom is -0.358 e. The molecular weight excluding hydrogens is 443 g/mol. The monoisotopic (exact) mass is 462 g/mol. The van der Waals surface area contributed by atoms with Crippen molar-refractivity contribution in [3.8, 4) is 0 Å². The van der Waals surface area contributed by atoms with E-state index in [9.17, 15) is 26.3 Å². The average molecular weight is 462 g/mol. The minimum absolute atomic E-state index is 0. The van der Waals surface area contributed by atoms with Gasteiger partial charge in [-0.15, -0.1) is 0 Å². The van der Waals surface area contributed by atoms with Gasteiger partial charge in [0.1, 0.15) is 0 Å². The summed E-state index contributed by atoms with van der Waals surface area (Å²) < 4.78 is 67.6. The molecule has 27 heavy (non-hydrogen) atoms. The van der Waals surface area contributed by atoms with Crippen molar-refractivity contribution in [1.82, 2.24) is 0 Å². The molecule has 0 aliphatic heterocycles. The quantitative estimate of drug-likeness (QED) is 0.313. The van der Waals surface area contributed by atoms with Gasteiger partial charge in [-0.3, -0.25) is 0 Å². The summed E-state index contributed by atoms with van der Waals surface area (Å²) in [5, 5.41) is 0. The van der Waals surface area contributed by atoms with Gasteiger partial charge in [-0.2, -0.15) is 26.3 Å². The topological polar surface area (TPSA) is 0 Å². The van der Waals surface area contributed by atoms with Crippen molar-refractivity contribution < 1.29 is 59.1 Å². The second kappa shape index (κ2) is 19.1. The number of halogens is 6. The predicted octanol–water partition coefficient (Wildman–Crippen LogP) is 8.08. The molecule has 2 aromatic carbocycles. The van der Waals surface area contributed by atoms with Crippen LogP contribution in [0.25, 0.3) is 12.2 Å². The van der Waals surface area contributed by atoms with Gasteiger partial charge in [0.15, 0.2) is 0 Å². The number of rotatable bonds is 2. The molecule has 0 amide bonds. The SMILES string of the molecule is CC=C(F)F.FC(F)=Cc1ccccc1.FC(F)=Cc1ccccc1.[CH3-].[Y]. The zero-order chi connectivity index (χ0) is 19.1. The van der Waals surface area contributed by atoms with E-state index in [0.717, 1.165) is 18.2 Å². The Morgan fingerprint density at radius 3 is 1.04 bits per heavy atom. The first kappa shape index (κ1) is 30.1. The van der Waals surface area contributed by atoms with Gasteiger partial charge in [-0.25, -0.2) is 0 Å². The van der Waals surface area contributed by atoms with Crippen LogP contribution in [0, 0.1) is 7.43 Å². The molecule has 0 fully saturated rings. The Morgan fingerprint density at radius 2 is 0.852 bits per heavy atom. The molecule has 0 bridgehead atoms. The van der Waals surface area contributed by atoms with Crippen molar-refractivity contribution in [2.45, 2.75) is 6.92 Å². The summed E-state index contributed by atoms with van der Waals surface area (Å²) in [5.74, 6) is 0. The molecule has 2 aromatic rings. The standard InChI is InChI=1S/2C8H6F2.C3H4F2.CH3.Y/c2*9-8(10)6-7-4-2-1-3-5-7;1-2-3(4)5;;/h2*1-6H;2H,1H3;1H3;/q;;;-1;. The van der Waals surface area contributed by atoms with Gasteiger partial charge in [0, 0.05) is 44.9 Å². The average Bonchev–Trinajstić information content (AvgIpc) is 2.56. The molecule has 0 aliphatic carbocycles. The van der Waals surface area contributed by atoms with Gasteiger partial charge in [-0.05, 0) is 24.1 Å². The van der Waals surface area contributed by atoms with Crippen LogP contribution in [0.15, 0.2) is 85.0 Å². The Hall–Kier alpha value is -1.66. The summed E-state index contributed by atoms with van der Waals surface area (Å²) in [5.41, 5.74) is 1.06. The molecule has 0 nitrogen and oxygen atoms in total. The van der Waals surface area contributed by atoms with Crippen LogP contribution in [-0.2, 0) is 32.7 Å². The second-order valence-electron chi connectivity index (χ2n) is 4.27. The number of allylic oxidation sites excluding steroid dienone is 1. The second-order valence-corrected chi connectivity index (χ2v) is 4.27. The van der Waals surface area contributed by atoms with E-state index in [2.05, 4.69) is 0 Å². The van der Waals surface area contributed by atoms with Crippen molar-refractivity contribution in [3.63, 3.8) is 0 Å². The molecule has 0 spiro atoms. The molecule has 0 N–H and O–H groups in total. The fourth-order valence-electron chi connectivity index (χ4n) is 1.35. The normalized spacial score (nSPS) is 7.96. The van der Waals surface area contributed by atoms with Crippen LogP contribution in [0.5, 0.6) is 0 Å². The summed E-state index contributed by atoms with van der Waals surface area (Å²) in [7, 11) is 0. The van der Waals surface area contributed by atoms with Gasteiger partial charge >= 0.3 is 0 Å². The maximum absolute atomic E-state index is 11.6. The Kier molecular flexibility index (Phi) is 21.3. The Balaban J connectivity index is -0.000000326. The predicted molar refractivity (Wildman–Crippen MR) is 95.7 cm³/mol. The molecular formula is C20H19F6Y-. The van der Waals surface area contributed by atoms with E-state index in [1.807, 2.05) is 0 Å². The molecule has 0 aromatic heterocycles. The summed E-state index contributed by atoms with van der Waals surface area (Å²) >= 11 is 0. The zero-order valence-corrected chi connectivity index (χ0v) is 17.7. The summed E-state index contributed by atoms with van der Waals surface area (Å²) in [4.78, 5) is 0. The smallest absolute Gasteiger partial charge is 0.270 e. The summed E-state index contributed by atoms with van der Waals surface area (Å²) in [6.45, 7) is 1.29. The van der Waals surface area contributed by atoms with Crippen molar-refractivity contribution >= 4 is 12.2 Å². The maximum atomic E-state index is 11.6. The van der Waals surface area contributed by atoms with Gasteiger partial charge in [0.2, 0.25) is 0 Å². The van der Waals surface area contributed by atoms with E-state index in [4.69, 9.17) is 0 Å². The molecule has 0 saturated carbocycles. The first-order chi connectivity index (χ1) is 11.8. The molecule has 145 valence electrons. The van der Waals surface area contributed by atoms with Crippen molar-refractivity contribution in [3.05, 3.63) is 104 Å². The molecule has 2 rings (SSSR count). The fourth-order valence-corrected chi connectivity index (χ4v) is 1.35. The van der Waals surface area contributed by atoms with Crippen LogP contribution < -0.4 is 0 Å². The van der Waals surface area contributed by atoms with E-state index in [-0.39, 0.29) is 40.1 Å².